The van der Waals surface area contributed by atoms with Crippen molar-refractivity contribution in [1.82, 2.24) is 0 Å². The lowest BCUT2D eigenvalue weighted by atomic mass is 9.95. The molecule has 1 amide bonds. The lowest BCUT2D eigenvalue weighted by molar-refractivity contribution is -0.122. The lowest BCUT2D eigenvalue weighted by Crippen LogP contribution is -2.32. The predicted molar refractivity (Wildman–Crippen MR) is 102 cm³/mol. The molecule has 1 N–H and O–H groups in total. The van der Waals surface area contributed by atoms with Crippen LogP contribution in [0, 0.1) is 0 Å². The van der Waals surface area contributed by atoms with Crippen LogP contribution in [0.15, 0.2) is 30.3 Å². The summed E-state index contributed by atoms with van der Waals surface area (Å²) >= 11 is 1.48. The number of anilines is 1. The van der Waals surface area contributed by atoms with Crippen molar-refractivity contribution in [2.45, 2.75) is 45.1 Å². The van der Waals surface area contributed by atoms with E-state index in [-0.39, 0.29) is 5.91 Å². The molecule has 5 nitrogen and oxygen atoms in total. The van der Waals surface area contributed by atoms with Crippen molar-refractivity contribution in [3.05, 3.63) is 46.3 Å². The number of fused-ring (bicyclic) bond motifs is 1. The van der Waals surface area contributed by atoms with Gasteiger partial charge < -0.3 is 14.8 Å². The molecule has 6 heteroatoms. The van der Waals surface area contributed by atoms with Crippen LogP contribution in [0.5, 0.6) is 5.75 Å². The zero-order valence-corrected chi connectivity index (χ0v) is 15.9. The van der Waals surface area contributed by atoms with Crippen LogP contribution in [-0.2, 0) is 22.4 Å². The molecule has 0 unspecified atom stereocenters. The summed E-state index contributed by atoms with van der Waals surface area (Å²) in [5, 5.41) is 3.48. The molecule has 1 aromatic heterocycles. The number of carbonyl (C=O) groups excluding carboxylic acids is 2. The van der Waals surface area contributed by atoms with Crippen molar-refractivity contribution in [3.8, 4) is 5.75 Å². The molecule has 0 fully saturated rings. The second-order valence-electron chi connectivity index (χ2n) is 6.22. The number of aryl methyl sites for hydroxylation is 1. The maximum atomic E-state index is 12.7. The van der Waals surface area contributed by atoms with E-state index in [9.17, 15) is 9.59 Å². The molecule has 3 rings (SSSR count). The van der Waals surface area contributed by atoms with E-state index in [1.807, 2.05) is 37.3 Å². The molecule has 1 heterocycles. The van der Waals surface area contributed by atoms with Gasteiger partial charge in [0.25, 0.3) is 5.91 Å². The van der Waals surface area contributed by atoms with Gasteiger partial charge in [0.05, 0.1) is 12.7 Å². The summed E-state index contributed by atoms with van der Waals surface area (Å²) in [5.74, 6) is 0.00462. The van der Waals surface area contributed by atoms with Gasteiger partial charge in [-0.3, -0.25) is 4.79 Å². The van der Waals surface area contributed by atoms with Crippen LogP contribution in [0.2, 0.25) is 0 Å². The van der Waals surface area contributed by atoms with Crippen LogP contribution < -0.4 is 10.1 Å². The number of amides is 1. The average molecular weight is 373 g/mol. The minimum absolute atomic E-state index is 0.250. The van der Waals surface area contributed by atoms with Crippen LogP contribution >= 0.6 is 11.3 Å². The van der Waals surface area contributed by atoms with Gasteiger partial charge in [-0.15, -0.1) is 11.3 Å². The van der Waals surface area contributed by atoms with Crippen molar-refractivity contribution in [2.24, 2.45) is 0 Å². The van der Waals surface area contributed by atoms with Crippen molar-refractivity contribution in [3.63, 3.8) is 0 Å². The molecule has 0 bridgehead atoms. The smallest absolute Gasteiger partial charge is 0.341 e. The minimum Gasteiger partial charge on any atom is -0.481 e. The first-order chi connectivity index (χ1) is 12.6. The second-order valence-corrected chi connectivity index (χ2v) is 7.33. The van der Waals surface area contributed by atoms with E-state index in [1.54, 1.807) is 0 Å². The molecule has 138 valence electrons. The molecule has 26 heavy (non-hydrogen) atoms. The number of ether oxygens (including phenoxy) is 2. The van der Waals surface area contributed by atoms with Crippen LogP contribution in [0.1, 0.15) is 47.0 Å². The van der Waals surface area contributed by atoms with Crippen molar-refractivity contribution >= 4 is 28.2 Å². The fourth-order valence-electron chi connectivity index (χ4n) is 3.15. The maximum Gasteiger partial charge on any atom is 0.341 e. The fourth-order valence-corrected chi connectivity index (χ4v) is 4.43. The van der Waals surface area contributed by atoms with Crippen molar-refractivity contribution in [2.75, 3.05) is 12.4 Å². The molecule has 0 aliphatic heterocycles. The highest BCUT2D eigenvalue weighted by molar-refractivity contribution is 7.17. The third-order valence-corrected chi connectivity index (χ3v) is 5.69. The summed E-state index contributed by atoms with van der Waals surface area (Å²) in [6.07, 6.45) is 3.86. The van der Waals surface area contributed by atoms with Gasteiger partial charge in [-0.1, -0.05) is 25.1 Å². The minimum atomic E-state index is -0.623. The molecule has 0 saturated heterocycles. The Labute approximate surface area is 157 Å². The highest BCUT2D eigenvalue weighted by Crippen LogP contribution is 2.38. The van der Waals surface area contributed by atoms with E-state index >= 15 is 0 Å². The number of hydrogen-bond acceptors (Lipinski definition) is 5. The van der Waals surface area contributed by atoms with E-state index in [0.29, 0.717) is 22.7 Å². The van der Waals surface area contributed by atoms with Gasteiger partial charge in [-0.25, -0.2) is 4.79 Å². The zero-order valence-electron chi connectivity index (χ0n) is 15.0. The molecule has 1 aliphatic rings. The Morgan fingerprint density at radius 1 is 1.19 bits per heavy atom. The van der Waals surface area contributed by atoms with E-state index in [0.717, 1.165) is 31.2 Å². The Hall–Kier alpha value is -2.34. The van der Waals surface area contributed by atoms with E-state index < -0.39 is 12.1 Å². The Balaban J connectivity index is 1.81. The average Bonchev–Trinajstić information content (AvgIpc) is 3.04. The zero-order chi connectivity index (χ0) is 18.5. The number of carbonyl (C=O) groups is 2. The third-order valence-electron chi connectivity index (χ3n) is 4.48. The maximum absolute atomic E-state index is 12.7. The topological polar surface area (TPSA) is 64.6 Å². The molecule has 2 aromatic rings. The first kappa shape index (κ1) is 18.5. The number of esters is 1. The number of nitrogens with one attached hydrogen (secondary N) is 1. The quantitative estimate of drug-likeness (QED) is 0.771. The lowest BCUT2D eigenvalue weighted by Gasteiger charge is -2.17. The van der Waals surface area contributed by atoms with Crippen LogP contribution in [-0.4, -0.2) is 25.1 Å². The number of methoxy groups -OCH3 is 1. The third kappa shape index (κ3) is 3.90. The molecule has 0 spiro atoms. The van der Waals surface area contributed by atoms with Gasteiger partial charge in [-0.05, 0) is 49.8 Å². The second kappa shape index (κ2) is 8.36. The summed E-state index contributed by atoms with van der Waals surface area (Å²) in [5.41, 5.74) is 1.54. The number of hydrogen-bond donors (Lipinski definition) is 1. The fraction of sp³-hybridized carbons (Fsp3) is 0.400. The van der Waals surface area contributed by atoms with Crippen molar-refractivity contribution in [1.29, 1.82) is 0 Å². The number of para-hydroxylation sites is 1. The van der Waals surface area contributed by atoms with Gasteiger partial charge in [0.2, 0.25) is 0 Å². The molecule has 0 saturated carbocycles. The first-order valence-corrected chi connectivity index (χ1v) is 9.71. The number of rotatable bonds is 6. The van der Waals surface area contributed by atoms with Gasteiger partial charge in [-0.2, -0.15) is 0 Å². The predicted octanol–water partition coefficient (Wildman–Crippen LogP) is 4.21. The van der Waals surface area contributed by atoms with Crippen LogP contribution in [0.3, 0.4) is 0 Å². The van der Waals surface area contributed by atoms with Crippen LogP contribution in [0.25, 0.3) is 0 Å². The van der Waals surface area contributed by atoms with Crippen molar-refractivity contribution < 1.29 is 19.1 Å². The molecule has 0 radical (unpaired) electrons. The van der Waals surface area contributed by atoms with E-state index in [2.05, 4.69) is 5.32 Å². The van der Waals surface area contributed by atoms with Gasteiger partial charge in [0.15, 0.2) is 6.10 Å². The highest BCUT2D eigenvalue weighted by atomic mass is 32.1. The number of thiophene rings is 1. The molecular weight excluding hydrogens is 350 g/mol. The standard InChI is InChI=1S/C20H23NO4S/c1-3-15(25-13-9-5-4-6-10-13)18(22)21-19-17(20(23)24-2)14-11-7-8-12-16(14)26-19/h4-6,9-10,15H,3,7-8,11-12H2,1-2H3,(H,21,22)/t15-/m0/s1. The molecule has 1 aliphatic carbocycles. The Morgan fingerprint density at radius 2 is 1.92 bits per heavy atom. The normalized spacial score (nSPS) is 14.2. The largest absolute Gasteiger partial charge is 0.481 e. The summed E-state index contributed by atoms with van der Waals surface area (Å²) < 4.78 is 10.8. The van der Waals surface area contributed by atoms with Gasteiger partial charge >= 0.3 is 5.97 Å². The number of benzene rings is 1. The Kier molecular flexibility index (Phi) is 5.93. The first-order valence-electron chi connectivity index (χ1n) is 8.89. The summed E-state index contributed by atoms with van der Waals surface area (Å²) in [6, 6.07) is 9.26. The van der Waals surface area contributed by atoms with E-state index in [1.165, 1.54) is 23.3 Å². The van der Waals surface area contributed by atoms with Crippen LogP contribution in [0.4, 0.5) is 5.00 Å². The summed E-state index contributed by atoms with van der Waals surface area (Å²) in [7, 11) is 1.37. The monoisotopic (exact) mass is 373 g/mol. The summed E-state index contributed by atoms with van der Waals surface area (Å²) in [4.78, 5) is 26.2. The Bertz CT molecular complexity index is 785. The SMILES string of the molecule is CC[C@H](Oc1ccccc1)C(=O)Nc1sc2c(c1C(=O)OC)CCCC2. The highest BCUT2D eigenvalue weighted by Gasteiger charge is 2.28. The Morgan fingerprint density at radius 3 is 2.62 bits per heavy atom. The van der Waals surface area contributed by atoms with Gasteiger partial charge in [0.1, 0.15) is 10.8 Å². The molecule has 1 aromatic carbocycles. The molecule has 1 atom stereocenters. The van der Waals surface area contributed by atoms with Gasteiger partial charge in [0, 0.05) is 4.88 Å². The van der Waals surface area contributed by atoms with E-state index in [4.69, 9.17) is 9.47 Å². The molecular formula is C20H23NO4S. The summed E-state index contributed by atoms with van der Waals surface area (Å²) in [6.45, 7) is 1.90.